The molecule has 0 saturated carbocycles. The van der Waals surface area contributed by atoms with Crippen LogP contribution in [-0.4, -0.2) is 18.8 Å². The third-order valence-corrected chi connectivity index (χ3v) is 3.85. The topological polar surface area (TPSA) is 35.2 Å². The third kappa shape index (κ3) is 2.88. The van der Waals surface area contributed by atoms with Gasteiger partial charge < -0.3 is 10.5 Å². The Bertz CT molecular complexity index is 386. The summed E-state index contributed by atoms with van der Waals surface area (Å²) in [5.74, 6) is 0.661. The molecule has 2 rings (SSSR count). The molecule has 0 heterocycles. The summed E-state index contributed by atoms with van der Waals surface area (Å²) in [6.07, 6.45) is 3.18. The number of hydrogen-bond donors (Lipinski definition) is 1. The van der Waals surface area contributed by atoms with E-state index in [9.17, 15) is 0 Å². The molecule has 0 amide bonds. The van der Waals surface area contributed by atoms with Crippen molar-refractivity contribution >= 4 is 0 Å². The summed E-state index contributed by atoms with van der Waals surface area (Å²) >= 11 is 0. The van der Waals surface area contributed by atoms with Crippen LogP contribution in [0.1, 0.15) is 43.7 Å². The van der Waals surface area contributed by atoms with Gasteiger partial charge in [-0.3, -0.25) is 0 Å². The third-order valence-electron chi connectivity index (χ3n) is 3.85. The number of benzene rings is 1. The van der Waals surface area contributed by atoms with Gasteiger partial charge in [-0.1, -0.05) is 24.3 Å². The zero-order valence-corrected chi connectivity index (χ0v) is 11.1. The maximum Gasteiger partial charge on any atom is 0.0637 e. The van der Waals surface area contributed by atoms with Crippen molar-refractivity contribution in [3.8, 4) is 0 Å². The number of fused-ring (bicyclic) bond motifs is 1. The van der Waals surface area contributed by atoms with E-state index >= 15 is 0 Å². The lowest BCUT2D eigenvalue weighted by molar-refractivity contribution is 0.00894. The molecule has 1 aromatic rings. The van der Waals surface area contributed by atoms with E-state index in [4.69, 9.17) is 10.5 Å². The predicted molar refractivity (Wildman–Crippen MR) is 71.2 cm³/mol. The van der Waals surface area contributed by atoms with Crippen molar-refractivity contribution < 1.29 is 4.74 Å². The molecule has 0 spiro atoms. The molecule has 0 saturated heterocycles. The Morgan fingerprint density at radius 3 is 2.76 bits per heavy atom. The monoisotopic (exact) mass is 233 g/mol. The summed E-state index contributed by atoms with van der Waals surface area (Å²) in [7, 11) is 1.76. The minimum absolute atomic E-state index is 0.108. The van der Waals surface area contributed by atoms with Crippen LogP contribution in [-0.2, 0) is 11.2 Å². The van der Waals surface area contributed by atoms with E-state index < -0.39 is 0 Å². The van der Waals surface area contributed by atoms with E-state index in [1.807, 2.05) is 0 Å². The van der Waals surface area contributed by atoms with E-state index in [1.165, 1.54) is 17.5 Å². The summed E-state index contributed by atoms with van der Waals surface area (Å²) in [5.41, 5.74) is 9.11. The fourth-order valence-electron chi connectivity index (χ4n) is 2.74. The molecule has 2 heteroatoms. The second-order valence-electron chi connectivity index (χ2n) is 5.76. The molecule has 17 heavy (non-hydrogen) atoms. The van der Waals surface area contributed by atoms with Crippen LogP contribution in [0.4, 0.5) is 0 Å². The molecular weight excluding hydrogens is 210 g/mol. The first-order chi connectivity index (χ1) is 8.02. The fourth-order valence-corrected chi connectivity index (χ4v) is 2.74. The van der Waals surface area contributed by atoms with Crippen LogP contribution < -0.4 is 5.73 Å². The van der Waals surface area contributed by atoms with Crippen LogP contribution in [0.2, 0.25) is 0 Å². The lowest BCUT2D eigenvalue weighted by Crippen LogP contribution is -2.36. The first-order valence-corrected chi connectivity index (χ1v) is 6.40. The van der Waals surface area contributed by atoms with Gasteiger partial charge in [-0.15, -0.1) is 0 Å². The van der Waals surface area contributed by atoms with Crippen molar-refractivity contribution in [2.75, 3.05) is 7.11 Å². The molecule has 0 bridgehead atoms. The Balaban J connectivity index is 1.88. The Labute approximate surface area is 104 Å². The molecule has 2 nitrogen and oxygen atoms in total. The van der Waals surface area contributed by atoms with Crippen LogP contribution in [0.3, 0.4) is 0 Å². The van der Waals surface area contributed by atoms with Gasteiger partial charge in [0.15, 0.2) is 0 Å². The molecular formula is C15H23NO. The maximum absolute atomic E-state index is 6.22. The van der Waals surface area contributed by atoms with Crippen molar-refractivity contribution in [3.63, 3.8) is 0 Å². The zero-order chi connectivity index (χ0) is 12.5. The summed E-state index contributed by atoms with van der Waals surface area (Å²) in [6.45, 7) is 4.20. The molecule has 1 aliphatic carbocycles. The van der Waals surface area contributed by atoms with Gasteiger partial charge in [0, 0.05) is 13.2 Å². The molecule has 94 valence electrons. The van der Waals surface area contributed by atoms with Crippen LogP contribution in [0.5, 0.6) is 0 Å². The highest BCUT2D eigenvalue weighted by Gasteiger charge is 2.29. The van der Waals surface area contributed by atoms with Crippen LogP contribution in [0, 0.1) is 0 Å². The SMILES string of the molecule is COC(C)(C)CC(N)CC1Cc2ccccc21. The van der Waals surface area contributed by atoms with Gasteiger partial charge in [0.05, 0.1) is 5.60 Å². The Morgan fingerprint density at radius 2 is 2.12 bits per heavy atom. The summed E-state index contributed by atoms with van der Waals surface area (Å²) in [5, 5.41) is 0. The number of nitrogens with two attached hydrogens (primary N) is 1. The molecule has 2 unspecified atom stereocenters. The molecule has 0 radical (unpaired) electrons. The van der Waals surface area contributed by atoms with Crippen LogP contribution in [0.25, 0.3) is 0 Å². The summed E-state index contributed by atoms with van der Waals surface area (Å²) < 4.78 is 5.43. The van der Waals surface area contributed by atoms with Crippen LogP contribution in [0.15, 0.2) is 24.3 Å². The summed E-state index contributed by atoms with van der Waals surface area (Å²) in [4.78, 5) is 0. The van der Waals surface area contributed by atoms with Crippen molar-refractivity contribution in [3.05, 3.63) is 35.4 Å². The van der Waals surface area contributed by atoms with Gasteiger partial charge in [-0.05, 0) is 50.2 Å². The Morgan fingerprint density at radius 1 is 1.41 bits per heavy atom. The minimum Gasteiger partial charge on any atom is -0.379 e. The van der Waals surface area contributed by atoms with Gasteiger partial charge in [-0.25, -0.2) is 0 Å². The van der Waals surface area contributed by atoms with Gasteiger partial charge in [-0.2, -0.15) is 0 Å². The number of ether oxygens (including phenoxy) is 1. The normalized spacial score (nSPS) is 20.6. The van der Waals surface area contributed by atoms with Gasteiger partial charge in [0.2, 0.25) is 0 Å². The molecule has 1 aromatic carbocycles. The lowest BCUT2D eigenvalue weighted by atomic mass is 9.73. The second-order valence-corrected chi connectivity index (χ2v) is 5.76. The zero-order valence-electron chi connectivity index (χ0n) is 11.1. The van der Waals surface area contributed by atoms with E-state index in [0.29, 0.717) is 5.92 Å². The highest BCUT2D eigenvalue weighted by atomic mass is 16.5. The first-order valence-electron chi connectivity index (χ1n) is 6.40. The quantitative estimate of drug-likeness (QED) is 0.848. The Kier molecular flexibility index (Phi) is 3.55. The standard InChI is InChI=1S/C15H23NO/c1-15(2,17-3)10-13(16)9-12-8-11-6-4-5-7-14(11)12/h4-7,12-13H,8-10,16H2,1-3H3. The first kappa shape index (κ1) is 12.6. The maximum atomic E-state index is 6.22. The average Bonchev–Trinajstić information content (AvgIpc) is 2.25. The molecule has 1 aliphatic rings. The summed E-state index contributed by atoms with van der Waals surface area (Å²) in [6, 6.07) is 8.91. The van der Waals surface area contributed by atoms with E-state index in [0.717, 1.165) is 12.8 Å². The number of rotatable bonds is 5. The molecule has 0 fully saturated rings. The predicted octanol–water partition coefficient (Wildman–Crippen LogP) is 2.86. The fraction of sp³-hybridized carbons (Fsp3) is 0.600. The lowest BCUT2D eigenvalue weighted by Gasteiger charge is -2.34. The van der Waals surface area contributed by atoms with Crippen LogP contribution >= 0.6 is 0 Å². The van der Waals surface area contributed by atoms with E-state index in [-0.39, 0.29) is 11.6 Å². The highest BCUT2D eigenvalue weighted by molar-refractivity contribution is 5.39. The van der Waals surface area contributed by atoms with E-state index in [2.05, 4.69) is 38.1 Å². The van der Waals surface area contributed by atoms with Crippen molar-refractivity contribution in [1.82, 2.24) is 0 Å². The van der Waals surface area contributed by atoms with Crippen molar-refractivity contribution in [2.45, 2.75) is 50.7 Å². The van der Waals surface area contributed by atoms with Crippen molar-refractivity contribution in [2.24, 2.45) is 5.73 Å². The number of hydrogen-bond acceptors (Lipinski definition) is 2. The highest BCUT2D eigenvalue weighted by Crippen LogP contribution is 2.38. The van der Waals surface area contributed by atoms with Gasteiger partial charge >= 0.3 is 0 Å². The van der Waals surface area contributed by atoms with Crippen molar-refractivity contribution in [1.29, 1.82) is 0 Å². The van der Waals surface area contributed by atoms with E-state index in [1.54, 1.807) is 7.11 Å². The molecule has 2 N–H and O–H groups in total. The largest absolute Gasteiger partial charge is 0.379 e. The molecule has 0 aromatic heterocycles. The van der Waals surface area contributed by atoms with Gasteiger partial charge in [0.25, 0.3) is 0 Å². The molecule has 2 atom stereocenters. The molecule has 0 aliphatic heterocycles. The second kappa shape index (κ2) is 4.79. The van der Waals surface area contributed by atoms with Gasteiger partial charge in [0.1, 0.15) is 0 Å². The average molecular weight is 233 g/mol. The number of methoxy groups -OCH3 is 1. The Hall–Kier alpha value is -0.860. The smallest absolute Gasteiger partial charge is 0.0637 e. The minimum atomic E-state index is -0.108.